The highest BCUT2D eigenvalue weighted by Crippen LogP contribution is 2.40. The number of carbonyl (C=O) groups is 2. The van der Waals surface area contributed by atoms with Gasteiger partial charge < -0.3 is 25.3 Å². The smallest absolute Gasteiger partial charge is 0.347 e. The molecule has 12 heteroatoms. The van der Waals surface area contributed by atoms with Gasteiger partial charge in [-0.05, 0) is 53.9 Å². The van der Waals surface area contributed by atoms with Crippen LogP contribution in [0.5, 0.6) is 0 Å². The molecular weight excluding hydrogens is 488 g/mol. The molecule has 2 aromatic carbocycles. The number of benzene rings is 2. The summed E-state index contributed by atoms with van der Waals surface area (Å²) in [6.07, 6.45) is -0.847. The van der Waals surface area contributed by atoms with Gasteiger partial charge in [-0.15, -0.1) is 0 Å². The highest BCUT2D eigenvalue weighted by molar-refractivity contribution is 7.89. The minimum atomic E-state index is -3.58. The van der Waals surface area contributed by atoms with Crippen molar-refractivity contribution in [2.45, 2.75) is 30.4 Å². The van der Waals surface area contributed by atoms with Gasteiger partial charge >= 0.3 is 5.97 Å². The molecule has 2 aliphatic heterocycles. The quantitative estimate of drug-likeness (QED) is 0.442. The number of likely N-dealkylation sites (N-methyl/N-ethyl adjacent to an activating group) is 1. The number of aliphatic hydroxyl groups is 1. The number of hydrogen-bond donors (Lipinski definition) is 3. The fourth-order valence-corrected chi connectivity index (χ4v) is 5.24. The van der Waals surface area contributed by atoms with Crippen molar-refractivity contribution < 1.29 is 33.1 Å². The Balaban J connectivity index is 1.82. The number of rotatable bonds is 8. The molecule has 192 valence electrons. The Hall–Kier alpha value is -3.32. The number of amides is 1. The fraction of sp³-hybridized carbons (Fsp3) is 0.375. The molecule has 0 saturated carbocycles. The lowest BCUT2D eigenvalue weighted by molar-refractivity contribution is -0.151. The molecule has 0 spiro atoms. The Morgan fingerprint density at radius 1 is 1.22 bits per heavy atom. The van der Waals surface area contributed by atoms with Crippen molar-refractivity contribution in [3.63, 3.8) is 0 Å². The number of hydrogen-bond acceptors (Lipinski definition) is 8. The SMILES string of the molecule is CN1CCc2c(-c3ccc(S(=O)(=O)N(C)C)cc3)cc3c(c2C1)NC(=O)C3=NO[C@H](CCO)C(=O)O. The van der Waals surface area contributed by atoms with E-state index in [9.17, 15) is 23.1 Å². The molecule has 0 saturated heterocycles. The van der Waals surface area contributed by atoms with Crippen LogP contribution in [0.3, 0.4) is 0 Å². The zero-order chi connectivity index (χ0) is 26.2. The topological polar surface area (TPSA) is 149 Å². The van der Waals surface area contributed by atoms with Crippen LogP contribution in [0, 0.1) is 0 Å². The predicted octanol–water partition coefficient (Wildman–Crippen LogP) is 1.10. The van der Waals surface area contributed by atoms with Gasteiger partial charge in [-0.2, -0.15) is 0 Å². The van der Waals surface area contributed by atoms with Gasteiger partial charge in [0.1, 0.15) is 0 Å². The molecule has 0 aliphatic carbocycles. The van der Waals surface area contributed by atoms with Crippen LogP contribution in [0.2, 0.25) is 0 Å². The number of carbonyl (C=O) groups excluding carboxylic acids is 1. The number of aliphatic hydroxyl groups excluding tert-OH is 1. The van der Waals surface area contributed by atoms with Crippen LogP contribution < -0.4 is 5.32 Å². The summed E-state index contributed by atoms with van der Waals surface area (Å²) in [7, 11) is 1.34. The van der Waals surface area contributed by atoms with E-state index < -0.39 is 34.6 Å². The Morgan fingerprint density at radius 2 is 1.92 bits per heavy atom. The average Bonchev–Trinajstić information content (AvgIpc) is 3.16. The minimum absolute atomic E-state index is 0.0572. The molecule has 0 unspecified atom stereocenters. The first-order valence-electron chi connectivity index (χ1n) is 11.3. The number of anilines is 1. The van der Waals surface area contributed by atoms with Crippen LogP contribution in [0.15, 0.2) is 40.4 Å². The zero-order valence-corrected chi connectivity index (χ0v) is 21.0. The van der Waals surface area contributed by atoms with Gasteiger partial charge in [0.2, 0.25) is 16.1 Å². The Bertz CT molecular complexity index is 1340. The third-order valence-corrected chi connectivity index (χ3v) is 8.14. The van der Waals surface area contributed by atoms with Crippen molar-refractivity contribution in [2.75, 3.05) is 39.6 Å². The second kappa shape index (κ2) is 9.97. The van der Waals surface area contributed by atoms with Crippen LogP contribution in [-0.4, -0.2) is 85.8 Å². The number of carboxylic acid groups (broad SMARTS) is 1. The monoisotopic (exact) mass is 516 g/mol. The maximum Gasteiger partial charge on any atom is 0.347 e. The van der Waals surface area contributed by atoms with Crippen molar-refractivity contribution in [2.24, 2.45) is 5.16 Å². The lowest BCUT2D eigenvalue weighted by Gasteiger charge is -2.29. The van der Waals surface area contributed by atoms with Crippen LogP contribution in [0.1, 0.15) is 23.1 Å². The number of nitrogens with one attached hydrogen (secondary N) is 1. The molecular formula is C24H28N4O7S. The summed E-state index contributed by atoms with van der Waals surface area (Å²) in [6.45, 7) is 0.981. The fourth-order valence-electron chi connectivity index (χ4n) is 4.34. The van der Waals surface area contributed by atoms with Crippen molar-refractivity contribution >= 4 is 33.3 Å². The van der Waals surface area contributed by atoms with E-state index in [1.54, 1.807) is 30.3 Å². The van der Waals surface area contributed by atoms with Crippen molar-refractivity contribution in [1.29, 1.82) is 0 Å². The van der Waals surface area contributed by atoms with Gasteiger partial charge in [0.25, 0.3) is 5.91 Å². The third-order valence-electron chi connectivity index (χ3n) is 6.31. The number of fused-ring (bicyclic) bond motifs is 3. The third kappa shape index (κ3) is 4.72. The lowest BCUT2D eigenvalue weighted by Crippen LogP contribution is -2.27. The largest absolute Gasteiger partial charge is 0.478 e. The first-order chi connectivity index (χ1) is 17.0. The second-order valence-electron chi connectivity index (χ2n) is 8.94. The van der Waals surface area contributed by atoms with E-state index in [4.69, 9.17) is 9.94 Å². The summed E-state index contributed by atoms with van der Waals surface area (Å²) in [5.74, 6) is -1.81. The van der Waals surface area contributed by atoms with E-state index in [0.717, 1.165) is 39.5 Å². The van der Waals surface area contributed by atoms with Gasteiger partial charge in [0.05, 0.1) is 10.6 Å². The number of aliphatic carboxylic acids is 1. The molecule has 0 radical (unpaired) electrons. The molecule has 0 bridgehead atoms. The van der Waals surface area contributed by atoms with Gasteiger partial charge in [-0.3, -0.25) is 4.79 Å². The Morgan fingerprint density at radius 3 is 2.53 bits per heavy atom. The minimum Gasteiger partial charge on any atom is -0.478 e. The maximum atomic E-state index is 12.8. The van der Waals surface area contributed by atoms with Crippen molar-refractivity contribution in [1.82, 2.24) is 9.21 Å². The van der Waals surface area contributed by atoms with E-state index in [1.165, 1.54) is 14.1 Å². The summed E-state index contributed by atoms with van der Waals surface area (Å²) in [6, 6.07) is 8.36. The highest BCUT2D eigenvalue weighted by atomic mass is 32.2. The van der Waals surface area contributed by atoms with Gasteiger partial charge in [0, 0.05) is 45.8 Å². The zero-order valence-electron chi connectivity index (χ0n) is 20.2. The second-order valence-corrected chi connectivity index (χ2v) is 11.1. The van der Waals surface area contributed by atoms with E-state index >= 15 is 0 Å². The first-order valence-corrected chi connectivity index (χ1v) is 12.8. The van der Waals surface area contributed by atoms with E-state index in [1.807, 2.05) is 7.05 Å². The highest BCUT2D eigenvalue weighted by Gasteiger charge is 2.34. The van der Waals surface area contributed by atoms with Gasteiger partial charge in [-0.25, -0.2) is 17.5 Å². The van der Waals surface area contributed by atoms with E-state index in [2.05, 4.69) is 15.4 Å². The molecule has 2 heterocycles. The molecule has 0 aromatic heterocycles. The molecule has 3 N–H and O–H groups in total. The van der Waals surface area contributed by atoms with E-state index in [0.29, 0.717) is 17.8 Å². The first kappa shape index (κ1) is 25.8. The van der Waals surface area contributed by atoms with E-state index in [-0.39, 0.29) is 17.0 Å². The normalized spacial score (nSPS) is 17.6. The average molecular weight is 517 g/mol. The molecule has 1 atom stereocenters. The summed E-state index contributed by atoms with van der Waals surface area (Å²) >= 11 is 0. The molecule has 0 fully saturated rings. The molecule has 4 rings (SSSR count). The van der Waals surface area contributed by atoms with Crippen LogP contribution in [-0.2, 0) is 37.4 Å². The number of nitrogens with zero attached hydrogens (tertiary/aromatic N) is 3. The summed E-state index contributed by atoms with van der Waals surface area (Å²) < 4.78 is 26.1. The van der Waals surface area contributed by atoms with Crippen molar-refractivity contribution in [3.8, 4) is 11.1 Å². The molecule has 36 heavy (non-hydrogen) atoms. The van der Waals surface area contributed by atoms with Crippen LogP contribution >= 0.6 is 0 Å². The Labute approximate surface area is 209 Å². The molecule has 2 aromatic rings. The van der Waals surface area contributed by atoms with Crippen LogP contribution in [0.4, 0.5) is 5.69 Å². The Kier molecular flexibility index (Phi) is 7.14. The van der Waals surface area contributed by atoms with Gasteiger partial charge in [-0.1, -0.05) is 17.3 Å². The summed E-state index contributed by atoms with van der Waals surface area (Å²) in [5.41, 5.74) is 4.60. The molecule has 1 amide bonds. The molecule has 2 aliphatic rings. The summed E-state index contributed by atoms with van der Waals surface area (Å²) in [4.78, 5) is 31.6. The number of oxime groups is 1. The lowest BCUT2D eigenvalue weighted by atomic mass is 9.87. The number of sulfonamides is 1. The summed E-state index contributed by atoms with van der Waals surface area (Å²) in [5, 5.41) is 25.1. The number of carboxylic acids is 1. The molecule has 11 nitrogen and oxygen atoms in total. The maximum absolute atomic E-state index is 12.8. The predicted molar refractivity (Wildman–Crippen MR) is 132 cm³/mol. The van der Waals surface area contributed by atoms with Gasteiger partial charge in [0.15, 0.2) is 5.71 Å². The van der Waals surface area contributed by atoms with Crippen LogP contribution in [0.25, 0.3) is 11.1 Å². The standard InChI is InChI=1S/C24H28N4O7S/c1-27(2)36(33,34)15-6-4-14(5-7-15)17-12-18-21(19-13-28(3)10-8-16(17)19)25-23(30)22(18)26-35-20(9-11-29)24(31)32/h4-7,12,20,29H,8-11,13H2,1-3H3,(H,31,32)(H,25,26,30)/t20-/m1/s1. The van der Waals surface area contributed by atoms with Crippen molar-refractivity contribution in [3.05, 3.63) is 47.0 Å².